The van der Waals surface area contributed by atoms with Gasteiger partial charge in [-0.2, -0.15) is 4.37 Å². The van der Waals surface area contributed by atoms with Gasteiger partial charge in [-0.15, -0.1) is 0 Å². The molecule has 1 aliphatic heterocycles. The SMILES string of the molecule is CC.Cc1cc(-c2ccc(=O)n(C(C)c3cccc(-c4ncc(OCC5CCN(C)CC5)cn4)c3)c2)sn1. The highest BCUT2D eigenvalue weighted by Crippen LogP contribution is 2.27. The first-order chi connectivity index (χ1) is 18.5. The van der Waals surface area contributed by atoms with Gasteiger partial charge in [0.05, 0.1) is 35.6 Å². The fourth-order valence-electron chi connectivity index (χ4n) is 4.53. The van der Waals surface area contributed by atoms with Crippen molar-refractivity contribution in [3.63, 3.8) is 0 Å². The molecule has 200 valence electrons. The van der Waals surface area contributed by atoms with E-state index in [0.717, 1.165) is 53.2 Å². The third-order valence-electron chi connectivity index (χ3n) is 6.85. The lowest BCUT2D eigenvalue weighted by molar-refractivity contribution is 0.159. The Hall–Kier alpha value is -3.36. The number of nitrogens with zero attached hydrogens (tertiary/aromatic N) is 5. The van der Waals surface area contributed by atoms with Crippen LogP contribution in [0.1, 0.15) is 50.9 Å². The maximum absolute atomic E-state index is 12.7. The Morgan fingerprint density at radius 2 is 1.79 bits per heavy atom. The minimum atomic E-state index is -0.149. The maximum atomic E-state index is 12.7. The van der Waals surface area contributed by atoms with Crippen LogP contribution in [0.25, 0.3) is 21.8 Å². The van der Waals surface area contributed by atoms with Gasteiger partial charge in [0.1, 0.15) is 0 Å². The predicted molar refractivity (Wildman–Crippen MR) is 155 cm³/mol. The summed E-state index contributed by atoms with van der Waals surface area (Å²) in [6.45, 7) is 11.0. The largest absolute Gasteiger partial charge is 0.490 e. The van der Waals surface area contributed by atoms with Crippen molar-refractivity contribution in [2.24, 2.45) is 5.92 Å². The lowest BCUT2D eigenvalue weighted by Gasteiger charge is -2.28. The summed E-state index contributed by atoms with van der Waals surface area (Å²) in [6, 6.07) is 13.4. The van der Waals surface area contributed by atoms with Gasteiger partial charge in [-0.25, -0.2) is 9.97 Å². The minimum Gasteiger partial charge on any atom is -0.490 e. The van der Waals surface area contributed by atoms with Crippen LogP contribution in [0.4, 0.5) is 0 Å². The Bertz CT molecular complexity index is 1370. The second kappa shape index (κ2) is 12.9. The first-order valence-electron chi connectivity index (χ1n) is 13.4. The summed E-state index contributed by atoms with van der Waals surface area (Å²) in [5, 5.41) is 0. The van der Waals surface area contributed by atoms with E-state index in [-0.39, 0.29) is 11.6 Å². The van der Waals surface area contributed by atoms with E-state index in [1.165, 1.54) is 11.5 Å². The highest BCUT2D eigenvalue weighted by Gasteiger charge is 2.17. The van der Waals surface area contributed by atoms with Crippen molar-refractivity contribution < 1.29 is 4.74 Å². The van der Waals surface area contributed by atoms with E-state index in [4.69, 9.17) is 4.74 Å². The molecule has 7 nitrogen and oxygen atoms in total. The zero-order valence-electron chi connectivity index (χ0n) is 22.9. The summed E-state index contributed by atoms with van der Waals surface area (Å²) < 4.78 is 12.1. The molecular weight excluding hydrogens is 494 g/mol. The summed E-state index contributed by atoms with van der Waals surface area (Å²) in [4.78, 5) is 25.2. The molecule has 4 aromatic rings. The summed E-state index contributed by atoms with van der Waals surface area (Å²) in [7, 11) is 2.17. The van der Waals surface area contributed by atoms with Gasteiger partial charge in [-0.1, -0.05) is 32.0 Å². The van der Waals surface area contributed by atoms with Gasteiger partial charge in [0.15, 0.2) is 11.6 Å². The Morgan fingerprint density at radius 3 is 2.47 bits per heavy atom. The molecule has 0 saturated carbocycles. The molecular formula is C30H37N5O2S. The van der Waals surface area contributed by atoms with Gasteiger partial charge in [0.25, 0.3) is 5.56 Å². The normalized spacial score (nSPS) is 15.0. The average molecular weight is 532 g/mol. The molecule has 1 saturated heterocycles. The monoisotopic (exact) mass is 531 g/mol. The molecule has 0 N–H and O–H groups in total. The van der Waals surface area contributed by atoms with E-state index < -0.39 is 0 Å². The van der Waals surface area contributed by atoms with Crippen LogP contribution in [0, 0.1) is 12.8 Å². The van der Waals surface area contributed by atoms with Gasteiger partial charge in [-0.05, 0) is 88.0 Å². The summed E-state index contributed by atoms with van der Waals surface area (Å²) in [5.74, 6) is 1.92. The zero-order chi connectivity index (χ0) is 27.1. The molecule has 0 radical (unpaired) electrons. The molecule has 1 fully saturated rings. The maximum Gasteiger partial charge on any atom is 0.251 e. The van der Waals surface area contributed by atoms with Gasteiger partial charge in [0.2, 0.25) is 0 Å². The number of aromatic nitrogens is 4. The second-order valence-electron chi connectivity index (χ2n) is 9.60. The topological polar surface area (TPSA) is 73.1 Å². The van der Waals surface area contributed by atoms with Crippen LogP contribution in [-0.4, -0.2) is 50.6 Å². The Labute approximate surface area is 229 Å². The summed E-state index contributed by atoms with van der Waals surface area (Å²) >= 11 is 1.44. The molecule has 4 heterocycles. The number of aryl methyl sites for hydroxylation is 1. The summed E-state index contributed by atoms with van der Waals surface area (Å²) in [5.41, 5.74) is 3.84. The molecule has 1 unspecified atom stereocenters. The Kier molecular flexibility index (Phi) is 9.42. The van der Waals surface area contributed by atoms with Crippen LogP contribution in [0.2, 0.25) is 0 Å². The van der Waals surface area contributed by atoms with E-state index in [1.807, 2.05) is 64.2 Å². The van der Waals surface area contributed by atoms with Crippen molar-refractivity contribution in [2.45, 2.75) is 46.6 Å². The van der Waals surface area contributed by atoms with Crippen molar-refractivity contribution in [3.8, 4) is 27.6 Å². The highest BCUT2D eigenvalue weighted by atomic mass is 32.1. The molecule has 0 bridgehead atoms. The zero-order valence-corrected chi connectivity index (χ0v) is 23.7. The average Bonchev–Trinajstić information content (AvgIpc) is 3.40. The number of benzene rings is 1. The van der Waals surface area contributed by atoms with Crippen LogP contribution in [-0.2, 0) is 0 Å². The van der Waals surface area contributed by atoms with Gasteiger partial charge >= 0.3 is 0 Å². The molecule has 0 aliphatic carbocycles. The van der Waals surface area contributed by atoms with Crippen molar-refractivity contribution in [2.75, 3.05) is 26.7 Å². The quantitative estimate of drug-likeness (QED) is 0.287. The molecule has 38 heavy (non-hydrogen) atoms. The molecule has 1 aliphatic rings. The van der Waals surface area contributed by atoms with Crippen LogP contribution < -0.4 is 10.3 Å². The third kappa shape index (κ3) is 6.74. The van der Waals surface area contributed by atoms with Crippen LogP contribution >= 0.6 is 11.5 Å². The number of likely N-dealkylation sites (tertiary alicyclic amines) is 1. The fourth-order valence-corrected chi connectivity index (χ4v) is 5.28. The van der Waals surface area contributed by atoms with E-state index in [1.54, 1.807) is 23.0 Å². The highest BCUT2D eigenvalue weighted by molar-refractivity contribution is 7.09. The van der Waals surface area contributed by atoms with Gasteiger partial charge in [-0.3, -0.25) is 4.79 Å². The van der Waals surface area contributed by atoms with Crippen LogP contribution in [0.15, 0.2) is 65.8 Å². The number of hydrogen-bond donors (Lipinski definition) is 0. The van der Waals surface area contributed by atoms with Crippen molar-refractivity contribution in [1.82, 2.24) is 23.8 Å². The Morgan fingerprint density at radius 1 is 1.05 bits per heavy atom. The molecule has 1 aromatic carbocycles. The second-order valence-corrected chi connectivity index (χ2v) is 10.4. The van der Waals surface area contributed by atoms with E-state index >= 15 is 0 Å². The minimum absolute atomic E-state index is 0.0414. The summed E-state index contributed by atoms with van der Waals surface area (Å²) in [6.07, 6.45) is 7.74. The first-order valence-corrected chi connectivity index (χ1v) is 14.1. The number of pyridine rings is 1. The lowest BCUT2D eigenvalue weighted by atomic mass is 9.98. The van der Waals surface area contributed by atoms with Crippen LogP contribution in [0.5, 0.6) is 5.75 Å². The molecule has 0 amide bonds. The molecule has 5 rings (SSSR count). The number of piperidine rings is 1. The molecule has 3 aromatic heterocycles. The lowest BCUT2D eigenvalue weighted by Crippen LogP contribution is -2.32. The fraction of sp³-hybridized carbons (Fsp3) is 0.400. The third-order valence-corrected chi connectivity index (χ3v) is 7.78. The van der Waals surface area contributed by atoms with E-state index in [0.29, 0.717) is 24.1 Å². The van der Waals surface area contributed by atoms with Crippen molar-refractivity contribution in [3.05, 3.63) is 82.7 Å². The van der Waals surface area contributed by atoms with Crippen molar-refractivity contribution in [1.29, 1.82) is 0 Å². The number of ether oxygens (including phenoxy) is 1. The molecule has 1 atom stereocenters. The first kappa shape index (κ1) is 27.7. The number of rotatable bonds is 7. The van der Waals surface area contributed by atoms with Gasteiger partial charge in [0, 0.05) is 23.4 Å². The smallest absolute Gasteiger partial charge is 0.251 e. The van der Waals surface area contributed by atoms with Crippen molar-refractivity contribution >= 4 is 11.5 Å². The molecule has 8 heteroatoms. The van der Waals surface area contributed by atoms with Gasteiger partial charge < -0.3 is 14.2 Å². The van der Waals surface area contributed by atoms with Crippen LogP contribution in [0.3, 0.4) is 0 Å². The van der Waals surface area contributed by atoms with E-state index in [9.17, 15) is 4.79 Å². The predicted octanol–water partition coefficient (Wildman–Crippen LogP) is 6.09. The molecule has 0 spiro atoms. The number of hydrogen-bond acceptors (Lipinski definition) is 7. The Balaban J connectivity index is 0.00000164. The standard InChI is InChI=1S/C28H31N5O2S.C2H6/c1-19-13-26(36-31-19)24-7-8-27(34)33(17-24)20(2)22-5-4-6-23(14-22)28-29-15-25(16-30-28)35-18-21-9-11-32(3)12-10-21;1-2/h4-8,13-17,20-21H,9-12,18H2,1-3H3;1-2H3. The van der Waals surface area contributed by atoms with E-state index in [2.05, 4.69) is 32.4 Å².